The standard InChI is InChI=1S/C20H17N5O3/c1-3-13-4-7-15(8-5-13)25-12(2)18(22-24-25)20-21-19(23-28-20)14-6-9-16-17(10-14)27-11-26-16/h4-10H,3,11H2,1-2H3. The van der Waals surface area contributed by atoms with Crippen LogP contribution in [0.1, 0.15) is 18.2 Å². The van der Waals surface area contributed by atoms with E-state index in [4.69, 9.17) is 14.0 Å². The second kappa shape index (κ2) is 6.49. The van der Waals surface area contributed by atoms with Crippen molar-refractivity contribution >= 4 is 0 Å². The summed E-state index contributed by atoms with van der Waals surface area (Å²) >= 11 is 0. The van der Waals surface area contributed by atoms with Crippen molar-refractivity contribution in [3.8, 4) is 40.2 Å². The minimum atomic E-state index is 0.220. The lowest BCUT2D eigenvalue weighted by Gasteiger charge is -2.04. The van der Waals surface area contributed by atoms with Gasteiger partial charge in [0.25, 0.3) is 5.89 Å². The molecule has 0 amide bonds. The van der Waals surface area contributed by atoms with Crippen molar-refractivity contribution in [2.45, 2.75) is 20.3 Å². The van der Waals surface area contributed by atoms with Gasteiger partial charge in [0.1, 0.15) is 0 Å². The summed E-state index contributed by atoms with van der Waals surface area (Å²) in [6.07, 6.45) is 0.993. The molecule has 8 heteroatoms. The van der Waals surface area contributed by atoms with Crippen LogP contribution in [0.25, 0.3) is 28.7 Å². The number of benzene rings is 2. The van der Waals surface area contributed by atoms with Gasteiger partial charge in [0, 0.05) is 5.56 Å². The van der Waals surface area contributed by atoms with Gasteiger partial charge in [-0.25, -0.2) is 4.68 Å². The highest BCUT2D eigenvalue weighted by molar-refractivity contribution is 5.63. The highest BCUT2D eigenvalue weighted by Crippen LogP contribution is 2.35. The van der Waals surface area contributed by atoms with Crippen molar-refractivity contribution in [3.05, 3.63) is 53.7 Å². The van der Waals surface area contributed by atoms with Crippen LogP contribution in [-0.2, 0) is 6.42 Å². The van der Waals surface area contributed by atoms with Crippen molar-refractivity contribution in [3.63, 3.8) is 0 Å². The van der Waals surface area contributed by atoms with Crippen molar-refractivity contribution < 1.29 is 14.0 Å². The summed E-state index contributed by atoms with van der Waals surface area (Å²) < 4.78 is 17.9. The lowest BCUT2D eigenvalue weighted by atomic mass is 10.1. The number of ether oxygens (including phenoxy) is 2. The van der Waals surface area contributed by atoms with Gasteiger partial charge in [-0.1, -0.05) is 29.4 Å². The maximum absolute atomic E-state index is 5.44. The van der Waals surface area contributed by atoms with Crippen LogP contribution >= 0.6 is 0 Å². The zero-order chi connectivity index (χ0) is 19.1. The van der Waals surface area contributed by atoms with Gasteiger partial charge in [-0.15, -0.1) is 5.10 Å². The van der Waals surface area contributed by atoms with E-state index in [2.05, 4.69) is 39.5 Å². The summed E-state index contributed by atoms with van der Waals surface area (Å²) in [6, 6.07) is 13.7. The predicted octanol–water partition coefficient (Wildman–Crippen LogP) is 3.58. The Kier molecular flexibility index (Phi) is 3.82. The van der Waals surface area contributed by atoms with E-state index in [0.29, 0.717) is 28.9 Å². The summed E-state index contributed by atoms with van der Waals surface area (Å²) in [6.45, 7) is 4.27. The van der Waals surface area contributed by atoms with Gasteiger partial charge in [0.15, 0.2) is 17.2 Å². The molecule has 0 unspecified atom stereocenters. The van der Waals surface area contributed by atoms with E-state index in [1.807, 2.05) is 37.3 Å². The summed E-state index contributed by atoms with van der Waals surface area (Å²) in [5, 5.41) is 12.6. The molecule has 0 N–H and O–H groups in total. The second-order valence-electron chi connectivity index (χ2n) is 6.45. The molecule has 140 valence electrons. The minimum absolute atomic E-state index is 0.220. The first-order valence-corrected chi connectivity index (χ1v) is 8.98. The van der Waals surface area contributed by atoms with Crippen LogP contribution < -0.4 is 9.47 Å². The summed E-state index contributed by atoms with van der Waals surface area (Å²) in [7, 11) is 0. The van der Waals surface area contributed by atoms with Crippen molar-refractivity contribution in [1.29, 1.82) is 0 Å². The third kappa shape index (κ3) is 2.70. The molecule has 0 atom stereocenters. The number of hydrogen-bond acceptors (Lipinski definition) is 7. The Bertz CT molecular complexity index is 1150. The molecular weight excluding hydrogens is 358 g/mol. The van der Waals surface area contributed by atoms with Crippen LogP contribution in [0.5, 0.6) is 11.5 Å². The molecule has 1 aliphatic rings. The average molecular weight is 375 g/mol. The molecular formula is C20H17N5O3. The maximum atomic E-state index is 5.44. The molecule has 5 rings (SSSR count). The SMILES string of the molecule is CCc1ccc(-n2nnc(-c3nc(-c4ccc5c(c4)OCO5)no3)c2C)cc1. The monoisotopic (exact) mass is 375 g/mol. The molecule has 28 heavy (non-hydrogen) atoms. The Morgan fingerprint density at radius 2 is 1.86 bits per heavy atom. The largest absolute Gasteiger partial charge is 0.454 e. The van der Waals surface area contributed by atoms with Gasteiger partial charge in [0.05, 0.1) is 11.4 Å². The number of nitrogens with zero attached hydrogens (tertiary/aromatic N) is 5. The van der Waals surface area contributed by atoms with Gasteiger partial charge in [-0.2, -0.15) is 4.98 Å². The Labute approximate surface area is 160 Å². The Morgan fingerprint density at radius 1 is 1.04 bits per heavy atom. The predicted molar refractivity (Wildman–Crippen MR) is 100 cm³/mol. The maximum Gasteiger partial charge on any atom is 0.280 e. The number of fused-ring (bicyclic) bond motifs is 1. The summed E-state index contributed by atoms with van der Waals surface area (Å²) in [5.41, 5.74) is 4.36. The van der Waals surface area contributed by atoms with Gasteiger partial charge in [-0.3, -0.25) is 0 Å². The Hall–Kier alpha value is -3.68. The van der Waals surface area contributed by atoms with Crippen LogP contribution in [0.4, 0.5) is 0 Å². The third-order valence-corrected chi connectivity index (χ3v) is 4.74. The van der Waals surface area contributed by atoms with Crippen molar-refractivity contribution in [2.24, 2.45) is 0 Å². The molecule has 0 saturated carbocycles. The third-order valence-electron chi connectivity index (χ3n) is 4.74. The number of hydrogen-bond donors (Lipinski definition) is 0. The molecule has 1 aliphatic heterocycles. The van der Waals surface area contributed by atoms with Crippen molar-refractivity contribution in [1.82, 2.24) is 25.1 Å². The molecule has 0 radical (unpaired) electrons. The first kappa shape index (κ1) is 16.5. The molecule has 0 aliphatic carbocycles. The highest BCUT2D eigenvalue weighted by atomic mass is 16.7. The zero-order valence-electron chi connectivity index (χ0n) is 15.4. The molecule has 8 nitrogen and oxygen atoms in total. The second-order valence-corrected chi connectivity index (χ2v) is 6.45. The average Bonchev–Trinajstić information content (AvgIpc) is 3.46. The molecule has 0 spiro atoms. The fourth-order valence-electron chi connectivity index (χ4n) is 3.12. The van der Waals surface area contributed by atoms with Crippen LogP contribution in [0, 0.1) is 6.92 Å². The lowest BCUT2D eigenvalue weighted by Crippen LogP contribution is -1.99. The Balaban J connectivity index is 1.47. The molecule has 3 heterocycles. The van der Waals surface area contributed by atoms with E-state index in [1.165, 1.54) is 5.56 Å². The van der Waals surface area contributed by atoms with E-state index < -0.39 is 0 Å². The molecule has 4 aromatic rings. The van der Waals surface area contributed by atoms with Gasteiger partial charge >= 0.3 is 0 Å². The van der Waals surface area contributed by atoms with Gasteiger partial charge in [0.2, 0.25) is 12.6 Å². The first-order valence-electron chi connectivity index (χ1n) is 8.98. The minimum Gasteiger partial charge on any atom is -0.454 e. The van der Waals surface area contributed by atoms with Crippen molar-refractivity contribution in [2.75, 3.05) is 6.79 Å². The molecule has 0 fully saturated rings. The molecule has 0 saturated heterocycles. The Morgan fingerprint density at radius 3 is 2.68 bits per heavy atom. The van der Waals surface area contributed by atoms with E-state index >= 15 is 0 Å². The topological polar surface area (TPSA) is 88.1 Å². The lowest BCUT2D eigenvalue weighted by molar-refractivity contribution is 0.174. The quantitative estimate of drug-likeness (QED) is 0.538. The van der Waals surface area contributed by atoms with Crippen LogP contribution in [0.15, 0.2) is 47.0 Å². The summed E-state index contributed by atoms with van der Waals surface area (Å²) in [4.78, 5) is 4.48. The van der Waals surface area contributed by atoms with Gasteiger partial charge in [-0.05, 0) is 49.2 Å². The molecule has 0 bridgehead atoms. The van der Waals surface area contributed by atoms with E-state index in [9.17, 15) is 0 Å². The van der Waals surface area contributed by atoms with Crippen LogP contribution in [-0.4, -0.2) is 31.9 Å². The fourth-order valence-corrected chi connectivity index (χ4v) is 3.12. The van der Waals surface area contributed by atoms with E-state index in [0.717, 1.165) is 23.4 Å². The zero-order valence-corrected chi connectivity index (χ0v) is 15.4. The highest BCUT2D eigenvalue weighted by Gasteiger charge is 2.20. The molecule has 2 aromatic heterocycles. The normalized spacial score (nSPS) is 12.5. The van der Waals surface area contributed by atoms with E-state index in [1.54, 1.807) is 4.68 Å². The van der Waals surface area contributed by atoms with E-state index in [-0.39, 0.29) is 6.79 Å². The van der Waals surface area contributed by atoms with Crippen LogP contribution in [0.2, 0.25) is 0 Å². The fraction of sp³-hybridized carbons (Fsp3) is 0.200. The first-order chi connectivity index (χ1) is 13.7. The molecule has 2 aromatic carbocycles. The number of aryl methyl sites for hydroxylation is 1. The van der Waals surface area contributed by atoms with Gasteiger partial charge < -0.3 is 14.0 Å². The number of aromatic nitrogens is 5. The number of rotatable bonds is 4. The smallest absolute Gasteiger partial charge is 0.280 e. The summed E-state index contributed by atoms with van der Waals surface area (Å²) in [5.74, 6) is 2.15. The van der Waals surface area contributed by atoms with Crippen LogP contribution in [0.3, 0.4) is 0 Å².